The van der Waals surface area contributed by atoms with Crippen LogP contribution in [0.25, 0.3) is 21.1 Å². The minimum Gasteiger partial charge on any atom is -0.508 e. The number of hydrogen-bond acceptors (Lipinski definition) is 13. The summed E-state index contributed by atoms with van der Waals surface area (Å²) in [6.45, 7) is 6.01. The highest BCUT2D eigenvalue weighted by Crippen LogP contribution is 2.36. The summed E-state index contributed by atoms with van der Waals surface area (Å²) in [7, 11) is 0. The molecule has 4 aromatic carbocycles. The van der Waals surface area contributed by atoms with Crippen LogP contribution >= 0.6 is 34.3 Å². The second-order valence-corrected chi connectivity index (χ2v) is 17.8. The number of rotatable bonds is 15. The average Bonchev–Trinajstić information content (AvgIpc) is 4.19. The van der Waals surface area contributed by atoms with E-state index in [9.17, 15) is 46.1 Å². The number of aromatic hydroxyl groups is 1. The van der Waals surface area contributed by atoms with E-state index in [-0.39, 0.29) is 37.1 Å². The second kappa shape index (κ2) is 24.2. The highest BCUT2D eigenvalue weighted by atomic mass is 35.5. The van der Waals surface area contributed by atoms with Gasteiger partial charge in [0.1, 0.15) is 40.6 Å². The first-order valence-corrected chi connectivity index (χ1v) is 23.5. The number of carboxylic acids is 1. The minimum atomic E-state index is -4.38. The molecule has 8 aromatic rings. The van der Waals surface area contributed by atoms with Crippen LogP contribution in [-0.2, 0) is 39.2 Å². The van der Waals surface area contributed by atoms with E-state index in [4.69, 9.17) is 30.1 Å². The number of hydrogen-bond donors (Lipinski definition) is 2. The summed E-state index contributed by atoms with van der Waals surface area (Å²) in [5.41, 5.74) is 4.33. The summed E-state index contributed by atoms with van der Waals surface area (Å²) in [6, 6.07) is 27.0. The molecule has 0 saturated carbocycles. The zero-order valence-electron chi connectivity index (χ0n) is 37.8. The summed E-state index contributed by atoms with van der Waals surface area (Å²) in [6.07, 6.45) is -5.76. The van der Waals surface area contributed by atoms with E-state index in [1.165, 1.54) is 59.5 Å². The van der Waals surface area contributed by atoms with Gasteiger partial charge in [-0.1, -0.05) is 58.8 Å². The van der Waals surface area contributed by atoms with Crippen molar-refractivity contribution in [2.24, 2.45) is 0 Å². The van der Waals surface area contributed by atoms with Gasteiger partial charge in [0.25, 0.3) is 0 Å². The van der Waals surface area contributed by atoms with E-state index in [2.05, 4.69) is 20.3 Å². The molecule has 2 N–H and O–H groups in total. The fourth-order valence-corrected chi connectivity index (χ4v) is 9.02. The Labute approximate surface area is 415 Å². The van der Waals surface area contributed by atoms with E-state index in [0.717, 1.165) is 56.5 Å². The number of carboxylic acid groups (broad SMARTS) is 1. The molecule has 0 aliphatic heterocycles. The van der Waals surface area contributed by atoms with Crippen LogP contribution in [0.5, 0.6) is 11.5 Å². The molecule has 372 valence electrons. The van der Waals surface area contributed by atoms with E-state index >= 15 is 0 Å². The summed E-state index contributed by atoms with van der Waals surface area (Å²) < 4.78 is 96.1. The van der Waals surface area contributed by atoms with Gasteiger partial charge in [0, 0.05) is 40.0 Å². The Hall–Kier alpha value is -7.03. The van der Waals surface area contributed by atoms with Crippen molar-refractivity contribution in [1.82, 2.24) is 20.3 Å². The van der Waals surface area contributed by atoms with Crippen molar-refractivity contribution in [3.8, 4) is 32.6 Å². The number of aryl methyl sites for hydroxylation is 2. The number of alkyl halides is 7. The van der Waals surface area contributed by atoms with Crippen LogP contribution < -0.4 is 4.74 Å². The van der Waals surface area contributed by atoms with Crippen LogP contribution in [0.15, 0.2) is 131 Å². The Bertz CT molecular complexity index is 2930. The van der Waals surface area contributed by atoms with Crippen molar-refractivity contribution in [1.29, 1.82) is 0 Å². The molecule has 0 bridgehead atoms. The molecule has 71 heavy (non-hydrogen) atoms. The summed E-state index contributed by atoms with van der Waals surface area (Å²) in [5, 5.41) is 27.6. The normalized spacial score (nSPS) is 12.2. The number of halogens is 7. The van der Waals surface area contributed by atoms with Gasteiger partial charge in [0.2, 0.25) is 0 Å². The zero-order valence-corrected chi connectivity index (χ0v) is 40.2. The fraction of sp³-hybridized carbons (Fsp3) is 0.240. The monoisotopic (exact) mass is 1040 g/mol. The molecule has 12 nitrogen and oxygen atoms in total. The number of carbonyl (C=O) groups excluding carboxylic acids is 1. The number of aromatic nitrogens is 4. The van der Waals surface area contributed by atoms with E-state index < -0.39 is 35.4 Å². The standard InChI is InChI=1S/C24H19F3N2O4S.C14H15NO4.C12H9ClF3NS/c1-14-21(34-23(28-14)16-2-6-17(7-3-16)24(25,26)27)13-32-18-8-4-15(5-9-18)19(12-22(30)31)20-10-11-33-29-20;1-2-18-14(17)9-12(13-7-8-19-15-13)10-3-5-11(16)6-4-10;1-7-10(6-13)18-11(17-7)8-2-4-9(5-3-8)12(14,15)16/h2-11,19H,12-13H2,1H3,(H,30,31);3-8,12,16H,2,9H2,1H3;2-5H,6H2,1H3/t19-;12-;/m11./s1. The van der Waals surface area contributed by atoms with Crippen molar-refractivity contribution in [3.63, 3.8) is 0 Å². The van der Waals surface area contributed by atoms with Gasteiger partial charge in [-0.25, -0.2) is 9.97 Å². The Morgan fingerprint density at radius 2 is 1.11 bits per heavy atom. The first-order chi connectivity index (χ1) is 33.8. The molecule has 21 heteroatoms. The maximum atomic E-state index is 12.8. The number of ether oxygens (including phenoxy) is 2. The number of thiazole rings is 2. The molecule has 0 aliphatic carbocycles. The van der Waals surface area contributed by atoms with Crippen LogP contribution in [0.4, 0.5) is 26.3 Å². The summed E-state index contributed by atoms with van der Waals surface area (Å²) in [5.74, 6) is -0.787. The Kier molecular flexibility index (Phi) is 18.2. The number of phenols is 1. The van der Waals surface area contributed by atoms with Gasteiger partial charge in [0.15, 0.2) is 0 Å². The highest BCUT2D eigenvalue weighted by Gasteiger charge is 2.31. The lowest BCUT2D eigenvalue weighted by molar-refractivity contribution is -0.143. The van der Waals surface area contributed by atoms with Crippen molar-refractivity contribution < 1.29 is 64.7 Å². The van der Waals surface area contributed by atoms with Crippen molar-refractivity contribution >= 4 is 46.2 Å². The maximum Gasteiger partial charge on any atom is 0.416 e. The quantitative estimate of drug-likeness (QED) is 0.0566. The fourth-order valence-electron chi connectivity index (χ4n) is 6.77. The largest absolute Gasteiger partial charge is 0.508 e. The number of nitrogens with zero attached hydrogens (tertiary/aromatic N) is 4. The third-order valence-corrected chi connectivity index (χ3v) is 13.3. The van der Waals surface area contributed by atoms with Crippen molar-refractivity contribution in [3.05, 3.63) is 177 Å². The van der Waals surface area contributed by atoms with Gasteiger partial charge in [0.05, 0.1) is 64.1 Å². The lowest BCUT2D eigenvalue weighted by atomic mass is 9.92. The number of esters is 1. The molecule has 2 atom stereocenters. The van der Waals surface area contributed by atoms with Crippen LogP contribution in [0.2, 0.25) is 0 Å². The molecule has 0 spiro atoms. The van der Waals surface area contributed by atoms with E-state index in [1.54, 1.807) is 67.6 Å². The van der Waals surface area contributed by atoms with Crippen LogP contribution in [0.1, 0.15) is 86.4 Å². The van der Waals surface area contributed by atoms with Gasteiger partial charge in [-0.15, -0.1) is 34.3 Å². The smallest absolute Gasteiger partial charge is 0.416 e. The Morgan fingerprint density at radius 1 is 0.662 bits per heavy atom. The molecule has 0 aliphatic rings. The summed E-state index contributed by atoms with van der Waals surface area (Å²) >= 11 is 8.50. The molecule has 0 unspecified atom stereocenters. The SMILES string of the molecule is CCOC(=O)C[C@H](c1ccc(O)cc1)c1ccon1.Cc1nc(-c2ccc(C(F)(F)F)cc2)sc1CCl.Cc1nc(-c2ccc(C(F)(F)F)cc2)sc1COc1ccc([C@@H](CC(=O)O)c2ccon2)cc1. The van der Waals surface area contributed by atoms with E-state index in [1.807, 2.05) is 13.8 Å². The van der Waals surface area contributed by atoms with Gasteiger partial charge in [-0.3, -0.25) is 9.59 Å². The average molecular weight is 1040 g/mol. The van der Waals surface area contributed by atoms with Gasteiger partial charge in [-0.2, -0.15) is 26.3 Å². The lowest BCUT2D eigenvalue weighted by Gasteiger charge is -2.13. The molecule has 0 fully saturated rings. The van der Waals surface area contributed by atoms with Crippen LogP contribution in [-0.4, -0.2) is 49.0 Å². The van der Waals surface area contributed by atoms with Gasteiger partial charge >= 0.3 is 24.3 Å². The van der Waals surface area contributed by atoms with Crippen LogP contribution in [0.3, 0.4) is 0 Å². The van der Waals surface area contributed by atoms with E-state index in [0.29, 0.717) is 50.8 Å². The van der Waals surface area contributed by atoms with Crippen LogP contribution in [0, 0.1) is 13.8 Å². The Balaban J connectivity index is 0.000000189. The first kappa shape index (κ1) is 53.3. The predicted molar refractivity (Wildman–Crippen MR) is 253 cm³/mol. The molecular formula is C50H43ClF6N4O8S2. The van der Waals surface area contributed by atoms with Gasteiger partial charge in [-0.05, 0) is 80.4 Å². The van der Waals surface area contributed by atoms with Gasteiger partial charge < -0.3 is 28.7 Å². The minimum absolute atomic E-state index is 0.125. The molecule has 0 saturated heterocycles. The number of benzene rings is 4. The third-order valence-electron chi connectivity index (χ3n) is 10.5. The molecule has 0 radical (unpaired) electrons. The second-order valence-electron chi connectivity index (χ2n) is 15.3. The topological polar surface area (TPSA) is 171 Å². The third kappa shape index (κ3) is 15.0. The lowest BCUT2D eigenvalue weighted by Crippen LogP contribution is -2.11. The molecule has 4 heterocycles. The molecule has 0 amide bonds. The number of phenolic OH excluding ortho intramolecular Hbond substituents is 1. The highest BCUT2D eigenvalue weighted by molar-refractivity contribution is 7.15. The maximum absolute atomic E-state index is 12.8. The number of aliphatic carboxylic acids is 1. The Morgan fingerprint density at radius 3 is 1.52 bits per heavy atom. The molecule has 8 rings (SSSR count). The predicted octanol–water partition coefficient (Wildman–Crippen LogP) is 13.7. The summed E-state index contributed by atoms with van der Waals surface area (Å²) in [4.78, 5) is 33.5. The van der Waals surface area contributed by atoms with Crippen molar-refractivity contribution in [2.75, 3.05) is 6.61 Å². The molecular weight excluding hydrogens is 998 g/mol. The first-order valence-electron chi connectivity index (χ1n) is 21.4. The zero-order chi connectivity index (χ0) is 51.3. The number of carbonyl (C=O) groups is 2. The molecule has 4 aromatic heterocycles. The van der Waals surface area contributed by atoms with Crippen molar-refractivity contribution in [2.45, 2.75) is 70.3 Å².